The van der Waals surface area contributed by atoms with E-state index in [9.17, 15) is 30.7 Å². The van der Waals surface area contributed by atoms with Gasteiger partial charge in [0, 0.05) is 0 Å². The molecule has 0 rings (SSSR count). The Hall–Kier alpha value is 0.863. The van der Waals surface area contributed by atoms with Crippen LogP contribution in [0.25, 0.3) is 0 Å². The monoisotopic (exact) mass is 388 g/mol. The fourth-order valence-electron chi connectivity index (χ4n) is 0.364. The summed E-state index contributed by atoms with van der Waals surface area (Å²) in [4.78, 5) is 0. The molecule has 9 heteroatoms. The van der Waals surface area contributed by atoms with Crippen LogP contribution in [0.5, 0.6) is 0 Å². The van der Waals surface area contributed by atoms with E-state index in [4.69, 9.17) is 0 Å². The van der Waals surface area contributed by atoms with Crippen LogP contribution in [0.1, 0.15) is 6.42 Å². The van der Waals surface area contributed by atoms with Crippen molar-refractivity contribution in [2.24, 2.45) is 0 Å². The molecule has 0 aliphatic rings. The van der Waals surface area contributed by atoms with Crippen molar-refractivity contribution in [1.29, 1.82) is 0 Å². The third-order valence-electron chi connectivity index (χ3n) is 1.13. The molecule has 0 N–H and O–H groups in total. The van der Waals surface area contributed by atoms with Gasteiger partial charge in [0.05, 0.1) is 0 Å². The maximum absolute atomic E-state index is 11.9. The molecule has 0 saturated heterocycles. The fourth-order valence-corrected chi connectivity index (χ4v) is 0.364. The molecular weight excluding hydrogens is 385 g/mol. The summed E-state index contributed by atoms with van der Waals surface area (Å²) >= 11 is 3.62. The van der Waals surface area contributed by atoms with E-state index in [1.54, 1.807) is 0 Å². The van der Waals surface area contributed by atoms with Crippen molar-refractivity contribution in [1.82, 2.24) is 0 Å². The summed E-state index contributed by atoms with van der Waals surface area (Å²) in [6.45, 7) is 2.31. The zero-order chi connectivity index (χ0) is 12.2. The van der Waals surface area contributed by atoms with E-state index in [0.29, 0.717) is 0 Å². The van der Waals surface area contributed by atoms with E-state index in [1.165, 1.54) is 14.8 Å². The van der Waals surface area contributed by atoms with Gasteiger partial charge in [0.1, 0.15) is 0 Å². The molecule has 0 aliphatic carbocycles. The minimum absolute atomic E-state index is 1.34. The molecule has 0 spiro atoms. The molecular formula is C5H4F7IZn. The van der Waals surface area contributed by atoms with Crippen molar-refractivity contribution in [3.8, 4) is 0 Å². The van der Waals surface area contributed by atoms with Crippen molar-refractivity contribution in [2.75, 3.05) is 0 Å². The van der Waals surface area contributed by atoms with E-state index < -0.39 is 24.4 Å². The van der Waals surface area contributed by atoms with Crippen molar-refractivity contribution < 1.29 is 45.5 Å². The topological polar surface area (TPSA) is 0 Å². The van der Waals surface area contributed by atoms with Gasteiger partial charge in [-0.1, -0.05) is 0 Å². The average Bonchev–Trinajstić information content (AvgIpc) is 2.06. The SMILES string of the molecule is [CH2-]CC(F)(F)C(F)(F)C(F)(F)F.[Zn+][I]. The molecule has 0 bridgehead atoms. The second-order valence-corrected chi connectivity index (χ2v) is 2.03. The fraction of sp³-hybridized carbons (Fsp3) is 0.800. The Balaban J connectivity index is 0. The van der Waals surface area contributed by atoms with E-state index >= 15 is 0 Å². The molecule has 0 nitrogen and oxygen atoms in total. The van der Waals surface area contributed by atoms with Crippen LogP contribution in [0.2, 0.25) is 0 Å². The molecule has 0 aromatic heterocycles. The molecule has 0 aliphatic heterocycles. The Labute approximate surface area is 96.5 Å². The first kappa shape index (κ1) is 17.3. The summed E-state index contributed by atoms with van der Waals surface area (Å²) in [5.74, 6) is -11.2. The van der Waals surface area contributed by atoms with Crippen LogP contribution in [0.15, 0.2) is 0 Å². The van der Waals surface area contributed by atoms with Crippen LogP contribution in [0.3, 0.4) is 0 Å². The van der Waals surface area contributed by atoms with Crippen LogP contribution in [-0.2, 0) is 14.8 Å². The van der Waals surface area contributed by atoms with Crippen molar-refractivity contribution in [2.45, 2.75) is 24.4 Å². The van der Waals surface area contributed by atoms with Crippen molar-refractivity contribution in [3.05, 3.63) is 6.92 Å². The molecule has 0 heterocycles. The third kappa shape index (κ3) is 3.79. The second kappa shape index (κ2) is 5.81. The van der Waals surface area contributed by atoms with Gasteiger partial charge < -0.3 is 6.92 Å². The number of hydrogen-bond acceptors (Lipinski definition) is 0. The Kier molecular flexibility index (Phi) is 7.17. The van der Waals surface area contributed by atoms with Gasteiger partial charge in [-0.3, -0.25) is 0 Å². The molecule has 0 fully saturated rings. The summed E-state index contributed by atoms with van der Waals surface area (Å²) < 4.78 is 81.2. The van der Waals surface area contributed by atoms with E-state index in [0.717, 1.165) is 0 Å². The summed E-state index contributed by atoms with van der Waals surface area (Å²) in [5.41, 5.74) is 0. The van der Waals surface area contributed by atoms with Crippen LogP contribution >= 0.6 is 19.8 Å². The number of rotatable bonds is 2. The van der Waals surface area contributed by atoms with Gasteiger partial charge in [-0.2, -0.15) is 22.0 Å². The summed E-state index contributed by atoms with van der Waals surface area (Å²) in [6.07, 6.45) is -8.05. The first-order valence-electron chi connectivity index (χ1n) is 2.94. The van der Waals surface area contributed by atoms with Crippen LogP contribution in [0.4, 0.5) is 30.7 Å². The Bertz CT molecular complexity index is 166. The predicted molar refractivity (Wildman–Crippen MR) is 39.9 cm³/mol. The molecule has 82 valence electrons. The van der Waals surface area contributed by atoms with Gasteiger partial charge in [-0.05, 0) is 0 Å². The van der Waals surface area contributed by atoms with Gasteiger partial charge >= 0.3 is 46.6 Å². The Morgan fingerprint density at radius 2 is 1.21 bits per heavy atom. The first-order valence-corrected chi connectivity index (χ1v) is 12.0. The van der Waals surface area contributed by atoms with E-state index in [1.807, 2.05) is 0 Å². The molecule has 0 atom stereocenters. The van der Waals surface area contributed by atoms with Crippen molar-refractivity contribution in [3.63, 3.8) is 0 Å². The molecule has 0 aromatic rings. The predicted octanol–water partition coefficient (Wildman–Crippen LogP) is 3.93. The Morgan fingerprint density at radius 1 is 0.929 bits per heavy atom. The summed E-state index contributed by atoms with van der Waals surface area (Å²) in [7, 11) is 0. The minimum atomic E-state index is -6.24. The van der Waals surface area contributed by atoms with Crippen LogP contribution in [-0.4, -0.2) is 18.0 Å². The first-order chi connectivity index (χ1) is 6.06. The van der Waals surface area contributed by atoms with Crippen molar-refractivity contribution >= 4 is 19.8 Å². The molecule has 14 heavy (non-hydrogen) atoms. The summed E-state index contributed by atoms with van der Waals surface area (Å²) in [6, 6.07) is 0. The van der Waals surface area contributed by atoms with Crippen LogP contribution in [0, 0.1) is 6.92 Å². The summed E-state index contributed by atoms with van der Waals surface area (Å²) in [5, 5.41) is 0. The Morgan fingerprint density at radius 3 is 1.29 bits per heavy atom. The standard InChI is InChI=1S/C5H4F7.HI.Zn/c1-2-3(6,7)4(8,9)5(10,11)12;;/h1-2H2;1H;/q-1;;+2/p-1. The second-order valence-electron chi connectivity index (χ2n) is 2.03. The van der Waals surface area contributed by atoms with E-state index in [2.05, 4.69) is 26.7 Å². The normalized spacial score (nSPS) is 13.4. The van der Waals surface area contributed by atoms with Gasteiger partial charge in [0.25, 0.3) is 5.92 Å². The van der Waals surface area contributed by atoms with Gasteiger partial charge in [-0.25, -0.2) is 8.78 Å². The van der Waals surface area contributed by atoms with Gasteiger partial charge in [0.15, 0.2) is 0 Å². The van der Waals surface area contributed by atoms with Crippen LogP contribution < -0.4 is 0 Å². The zero-order valence-corrected chi connectivity index (χ0v) is 11.8. The zero-order valence-electron chi connectivity index (χ0n) is 6.65. The average molecular weight is 389 g/mol. The third-order valence-corrected chi connectivity index (χ3v) is 1.13. The number of hydrogen-bond donors (Lipinski definition) is 0. The molecule has 0 radical (unpaired) electrons. The molecule has 0 unspecified atom stereocenters. The van der Waals surface area contributed by atoms with E-state index in [-0.39, 0.29) is 0 Å². The number of halogens is 8. The quantitative estimate of drug-likeness (QED) is 0.291. The molecule has 0 amide bonds. The number of alkyl halides is 7. The molecule has 0 aromatic carbocycles. The maximum atomic E-state index is 11.9. The van der Waals surface area contributed by atoms with Gasteiger partial charge in [-0.15, -0.1) is 6.42 Å². The molecule has 0 saturated carbocycles. The van der Waals surface area contributed by atoms with Gasteiger partial charge in [0.2, 0.25) is 0 Å².